The first kappa shape index (κ1) is 19.1. The number of aryl methyl sites for hydroxylation is 1. The van der Waals surface area contributed by atoms with Gasteiger partial charge in [0.05, 0.1) is 12.8 Å². The van der Waals surface area contributed by atoms with Crippen LogP contribution in [0.1, 0.15) is 17.7 Å². The number of furan rings is 1. The second kappa shape index (κ2) is 9.32. The van der Waals surface area contributed by atoms with Crippen molar-refractivity contribution >= 4 is 17.9 Å². The van der Waals surface area contributed by atoms with Crippen LogP contribution in [0.15, 0.2) is 70.0 Å². The van der Waals surface area contributed by atoms with Crippen LogP contribution in [0.3, 0.4) is 0 Å². The largest absolute Gasteiger partial charge is 0.511 e. The van der Waals surface area contributed by atoms with E-state index >= 15 is 0 Å². The van der Waals surface area contributed by atoms with E-state index in [1.165, 1.54) is 12.1 Å². The predicted molar refractivity (Wildman–Crippen MR) is 102 cm³/mol. The summed E-state index contributed by atoms with van der Waals surface area (Å²) in [7, 11) is 0. The van der Waals surface area contributed by atoms with Crippen molar-refractivity contribution < 1.29 is 23.4 Å². The lowest BCUT2D eigenvalue weighted by Gasteiger charge is -2.28. The predicted octanol–water partition coefficient (Wildman–Crippen LogP) is 5.02. The molecule has 0 aliphatic carbocycles. The van der Waals surface area contributed by atoms with Crippen molar-refractivity contribution in [2.75, 3.05) is 12.3 Å². The van der Waals surface area contributed by atoms with Crippen LogP contribution in [0.5, 0.6) is 0 Å². The fourth-order valence-corrected chi connectivity index (χ4v) is 3.81. The first-order chi connectivity index (χ1) is 13.1. The first-order valence-corrected chi connectivity index (χ1v) is 9.56. The number of ether oxygens (including phenoxy) is 1. The Kier molecular flexibility index (Phi) is 6.59. The van der Waals surface area contributed by atoms with E-state index in [9.17, 15) is 9.18 Å². The van der Waals surface area contributed by atoms with Crippen molar-refractivity contribution in [2.24, 2.45) is 0 Å². The molecular weight excluding hydrogens is 369 g/mol. The highest BCUT2D eigenvalue weighted by Crippen LogP contribution is 2.31. The SMILES string of the molecule is O=C(O)OC1=C(SCCCc2ccc(F)cc2)N(Cc2ccco2)CC=C1. The molecule has 1 aromatic heterocycles. The molecule has 0 unspecified atom stereocenters. The van der Waals surface area contributed by atoms with Crippen molar-refractivity contribution in [3.05, 3.63) is 82.7 Å². The third-order valence-electron chi connectivity index (χ3n) is 3.98. The Labute approximate surface area is 161 Å². The number of rotatable bonds is 8. The van der Waals surface area contributed by atoms with Gasteiger partial charge in [-0.1, -0.05) is 18.2 Å². The summed E-state index contributed by atoms with van der Waals surface area (Å²) in [6, 6.07) is 10.2. The molecule has 142 valence electrons. The van der Waals surface area contributed by atoms with Crippen LogP contribution in [0, 0.1) is 5.82 Å². The zero-order chi connectivity index (χ0) is 19.1. The summed E-state index contributed by atoms with van der Waals surface area (Å²) >= 11 is 1.55. The highest BCUT2D eigenvalue weighted by molar-refractivity contribution is 8.03. The van der Waals surface area contributed by atoms with Crippen LogP contribution in [0.4, 0.5) is 9.18 Å². The average Bonchev–Trinajstić information content (AvgIpc) is 3.14. The zero-order valence-electron chi connectivity index (χ0n) is 14.6. The normalized spacial score (nSPS) is 13.9. The zero-order valence-corrected chi connectivity index (χ0v) is 15.5. The molecule has 0 radical (unpaired) electrons. The minimum atomic E-state index is -1.33. The van der Waals surface area contributed by atoms with Gasteiger partial charge in [-0.25, -0.2) is 9.18 Å². The van der Waals surface area contributed by atoms with Crippen molar-refractivity contribution in [3.63, 3.8) is 0 Å². The number of carbonyl (C=O) groups is 1. The number of thioether (sulfide) groups is 1. The van der Waals surface area contributed by atoms with E-state index in [0.717, 1.165) is 34.9 Å². The molecule has 0 amide bonds. The Hall–Kier alpha value is -2.67. The number of hydrogen-bond acceptors (Lipinski definition) is 5. The molecule has 1 aromatic carbocycles. The Balaban J connectivity index is 1.63. The van der Waals surface area contributed by atoms with Crippen LogP contribution in [-0.2, 0) is 17.7 Å². The van der Waals surface area contributed by atoms with E-state index in [1.807, 2.05) is 23.1 Å². The van der Waals surface area contributed by atoms with Gasteiger partial charge in [-0.15, -0.1) is 11.8 Å². The lowest BCUT2D eigenvalue weighted by molar-refractivity contribution is 0.119. The van der Waals surface area contributed by atoms with Gasteiger partial charge >= 0.3 is 6.16 Å². The molecule has 0 saturated heterocycles. The standard InChI is InChI=1S/C20H20FNO4S/c21-16-9-7-15(8-10-16)4-3-13-27-19-18(26-20(23)24)6-1-11-22(19)14-17-5-2-12-25-17/h1-2,5-10,12H,3-4,11,13-14H2,(H,23,24). The molecule has 3 rings (SSSR count). The molecule has 27 heavy (non-hydrogen) atoms. The number of carboxylic acid groups (broad SMARTS) is 1. The van der Waals surface area contributed by atoms with Gasteiger partial charge in [0, 0.05) is 6.54 Å². The number of benzene rings is 1. The van der Waals surface area contributed by atoms with Crippen LogP contribution < -0.4 is 0 Å². The Morgan fingerprint density at radius 1 is 1.30 bits per heavy atom. The second-order valence-electron chi connectivity index (χ2n) is 5.98. The topological polar surface area (TPSA) is 62.9 Å². The maximum absolute atomic E-state index is 13.0. The van der Waals surface area contributed by atoms with Gasteiger partial charge in [-0.2, -0.15) is 0 Å². The number of nitrogens with zero attached hydrogens (tertiary/aromatic N) is 1. The first-order valence-electron chi connectivity index (χ1n) is 8.58. The van der Waals surface area contributed by atoms with E-state index in [-0.39, 0.29) is 5.82 Å². The van der Waals surface area contributed by atoms with Gasteiger partial charge in [0.1, 0.15) is 16.6 Å². The van der Waals surface area contributed by atoms with E-state index in [1.54, 1.807) is 36.2 Å². The molecule has 5 nitrogen and oxygen atoms in total. The van der Waals surface area contributed by atoms with Gasteiger partial charge in [0.2, 0.25) is 0 Å². The maximum Gasteiger partial charge on any atom is 0.511 e. The number of hydrogen-bond donors (Lipinski definition) is 1. The maximum atomic E-state index is 13.0. The number of halogens is 1. The Bertz CT molecular complexity index is 815. The summed E-state index contributed by atoms with van der Waals surface area (Å²) in [5.74, 6) is 1.66. The lowest BCUT2D eigenvalue weighted by atomic mass is 10.1. The molecule has 1 N–H and O–H groups in total. The summed E-state index contributed by atoms with van der Waals surface area (Å²) in [6.07, 6.45) is 5.53. The summed E-state index contributed by atoms with van der Waals surface area (Å²) in [5, 5.41) is 9.78. The van der Waals surface area contributed by atoms with Crippen LogP contribution in [0.25, 0.3) is 0 Å². The lowest BCUT2D eigenvalue weighted by Crippen LogP contribution is -2.26. The van der Waals surface area contributed by atoms with Crippen molar-refractivity contribution in [1.82, 2.24) is 4.90 Å². The molecule has 0 atom stereocenters. The summed E-state index contributed by atoms with van der Waals surface area (Å²) in [5.41, 5.74) is 1.07. The third-order valence-corrected chi connectivity index (χ3v) is 5.20. The van der Waals surface area contributed by atoms with Crippen LogP contribution in [0.2, 0.25) is 0 Å². The summed E-state index contributed by atoms with van der Waals surface area (Å²) in [6.45, 7) is 1.18. The minimum Gasteiger partial charge on any atom is -0.467 e. The fourth-order valence-electron chi connectivity index (χ4n) is 2.75. The molecule has 0 spiro atoms. The molecule has 0 bridgehead atoms. The van der Waals surface area contributed by atoms with Gasteiger partial charge in [-0.05, 0) is 54.5 Å². The highest BCUT2D eigenvalue weighted by atomic mass is 32.2. The van der Waals surface area contributed by atoms with Crippen LogP contribution in [-0.4, -0.2) is 28.5 Å². The molecule has 7 heteroatoms. The van der Waals surface area contributed by atoms with Crippen molar-refractivity contribution in [3.8, 4) is 0 Å². The molecule has 1 aliphatic heterocycles. The molecule has 0 saturated carbocycles. The van der Waals surface area contributed by atoms with Gasteiger partial charge < -0.3 is 19.2 Å². The monoisotopic (exact) mass is 389 g/mol. The van der Waals surface area contributed by atoms with Crippen molar-refractivity contribution in [2.45, 2.75) is 19.4 Å². The molecular formula is C20H20FNO4S. The smallest absolute Gasteiger partial charge is 0.467 e. The second-order valence-corrected chi connectivity index (χ2v) is 7.06. The quantitative estimate of drug-likeness (QED) is 0.505. The summed E-state index contributed by atoms with van der Waals surface area (Å²) < 4.78 is 23.3. The van der Waals surface area contributed by atoms with E-state index in [0.29, 0.717) is 18.8 Å². The van der Waals surface area contributed by atoms with Gasteiger partial charge in [0.15, 0.2) is 5.76 Å². The average molecular weight is 389 g/mol. The summed E-state index contributed by atoms with van der Waals surface area (Å²) in [4.78, 5) is 13.0. The molecule has 0 fully saturated rings. The van der Waals surface area contributed by atoms with E-state index in [4.69, 9.17) is 14.3 Å². The Morgan fingerprint density at radius 2 is 2.11 bits per heavy atom. The van der Waals surface area contributed by atoms with Crippen molar-refractivity contribution in [1.29, 1.82) is 0 Å². The molecule has 1 aliphatic rings. The van der Waals surface area contributed by atoms with Crippen LogP contribution >= 0.6 is 11.8 Å². The third kappa shape index (κ3) is 5.65. The highest BCUT2D eigenvalue weighted by Gasteiger charge is 2.21. The Morgan fingerprint density at radius 3 is 2.81 bits per heavy atom. The molecule has 2 aromatic rings. The molecule has 2 heterocycles. The fraction of sp³-hybridized carbons (Fsp3) is 0.250. The van der Waals surface area contributed by atoms with Gasteiger partial charge in [-0.3, -0.25) is 0 Å². The van der Waals surface area contributed by atoms with E-state index in [2.05, 4.69) is 0 Å². The van der Waals surface area contributed by atoms with Gasteiger partial charge in [0.25, 0.3) is 0 Å². The van der Waals surface area contributed by atoms with E-state index < -0.39 is 6.16 Å². The minimum absolute atomic E-state index is 0.240. The number of allylic oxidation sites excluding steroid dienone is 1.